The number of hydrogen-bond acceptors (Lipinski definition) is 4. The van der Waals surface area contributed by atoms with Crippen molar-refractivity contribution in [2.75, 3.05) is 31.6 Å². The van der Waals surface area contributed by atoms with Gasteiger partial charge in [0.25, 0.3) is 0 Å². The van der Waals surface area contributed by atoms with Gasteiger partial charge in [-0.05, 0) is 55.6 Å². The number of benzene rings is 2. The van der Waals surface area contributed by atoms with Crippen molar-refractivity contribution in [2.45, 2.75) is 31.7 Å². The maximum absolute atomic E-state index is 14.3. The van der Waals surface area contributed by atoms with Gasteiger partial charge in [0.1, 0.15) is 11.6 Å². The second kappa shape index (κ2) is 10.0. The molecule has 0 saturated carbocycles. The van der Waals surface area contributed by atoms with Crippen LogP contribution in [0.4, 0.5) is 10.1 Å². The van der Waals surface area contributed by atoms with Gasteiger partial charge in [-0.3, -0.25) is 9.69 Å². The number of anilines is 1. The van der Waals surface area contributed by atoms with Gasteiger partial charge in [-0.25, -0.2) is 4.39 Å². The second-order valence-electron chi connectivity index (χ2n) is 7.22. The first-order chi connectivity index (χ1) is 14.1. The smallest absolute Gasteiger partial charge is 0.241 e. The van der Waals surface area contributed by atoms with Crippen LogP contribution in [0.25, 0.3) is 0 Å². The lowest BCUT2D eigenvalue weighted by Crippen LogP contribution is -2.43. The van der Waals surface area contributed by atoms with Crippen LogP contribution in [0.1, 0.15) is 24.8 Å². The number of amides is 1. The van der Waals surface area contributed by atoms with E-state index in [1.54, 1.807) is 25.3 Å². The maximum atomic E-state index is 14.3. The Kier molecular flexibility index (Phi) is 7.20. The Bertz CT molecular complexity index is 863. The van der Waals surface area contributed by atoms with E-state index >= 15 is 0 Å². The number of halogens is 1. The van der Waals surface area contributed by atoms with E-state index in [9.17, 15) is 9.18 Å². The van der Waals surface area contributed by atoms with E-state index in [1.807, 2.05) is 18.2 Å². The van der Waals surface area contributed by atoms with Crippen LogP contribution in [0.15, 0.2) is 48.5 Å². The lowest BCUT2D eigenvalue weighted by molar-refractivity contribution is -0.120. The molecule has 1 saturated heterocycles. The Morgan fingerprint density at radius 2 is 2.03 bits per heavy atom. The van der Waals surface area contributed by atoms with Crippen LogP contribution >= 0.6 is 0 Å². The van der Waals surface area contributed by atoms with Gasteiger partial charge in [-0.1, -0.05) is 24.3 Å². The van der Waals surface area contributed by atoms with E-state index in [-0.39, 0.29) is 37.1 Å². The molecule has 3 rings (SSSR count). The van der Waals surface area contributed by atoms with Gasteiger partial charge in [0, 0.05) is 12.6 Å². The molecule has 2 aromatic carbocycles. The number of nitrogens with zero attached hydrogens (tertiary/aromatic N) is 3. The lowest BCUT2D eigenvalue weighted by Gasteiger charge is -2.28. The summed E-state index contributed by atoms with van der Waals surface area (Å²) in [6.07, 6.45) is 3.08. The quantitative estimate of drug-likeness (QED) is 0.682. The van der Waals surface area contributed by atoms with E-state index < -0.39 is 5.82 Å². The molecule has 6 heteroatoms. The van der Waals surface area contributed by atoms with Crippen LogP contribution in [0, 0.1) is 17.1 Å². The monoisotopic (exact) mass is 395 g/mol. The average molecular weight is 395 g/mol. The lowest BCUT2D eigenvalue weighted by atomic mass is 10.0. The Balaban J connectivity index is 1.69. The van der Waals surface area contributed by atoms with Crippen molar-refractivity contribution < 1.29 is 13.9 Å². The highest BCUT2D eigenvalue weighted by Crippen LogP contribution is 2.24. The molecule has 1 fully saturated rings. The van der Waals surface area contributed by atoms with Crippen LogP contribution in [-0.4, -0.2) is 43.6 Å². The summed E-state index contributed by atoms with van der Waals surface area (Å²) >= 11 is 0. The highest BCUT2D eigenvalue weighted by Gasteiger charge is 2.29. The van der Waals surface area contributed by atoms with Crippen molar-refractivity contribution in [3.63, 3.8) is 0 Å². The molecule has 29 heavy (non-hydrogen) atoms. The molecule has 1 aliphatic rings. The van der Waals surface area contributed by atoms with Crippen LogP contribution in [0.3, 0.4) is 0 Å². The fourth-order valence-corrected chi connectivity index (χ4v) is 3.84. The van der Waals surface area contributed by atoms with Crippen molar-refractivity contribution >= 4 is 11.6 Å². The zero-order chi connectivity index (χ0) is 20.6. The number of nitriles is 1. The molecule has 1 aliphatic heterocycles. The minimum absolute atomic E-state index is 0.162. The third-order valence-electron chi connectivity index (χ3n) is 5.36. The maximum Gasteiger partial charge on any atom is 0.241 e. The molecule has 0 spiro atoms. The summed E-state index contributed by atoms with van der Waals surface area (Å²) in [7, 11) is 1.65. The molecule has 0 radical (unpaired) electrons. The van der Waals surface area contributed by atoms with Gasteiger partial charge in [0.05, 0.1) is 31.8 Å². The number of likely N-dealkylation sites (tertiary alicyclic amines) is 1. The SMILES string of the molecule is COc1ccc(C[C@@H]2CCCN2CC(=O)N(CCC#N)c2ccccc2F)cc1. The predicted octanol–water partition coefficient (Wildman–Crippen LogP) is 3.79. The minimum Gasteiger partial charge on any atom is -0.497 e. The third kappa shape index (κ3) is 5.33. The molecule has 0 N–H and O–H groups in total. The molecular weight excluding hydrogens is 369 g/mol. The standard InChI is InChI=1S/C23H26FN3O2/c1-29-20-11-9-18(10-12-20)16-19-6-4-14-26(19)17-23(28)27(15-5-13-25)22-8-3-2-7-21(22)24/h2-3,7-12,19H,4-6,14-17H2,1H3/t19-/m0/s1. The largest absolute Gasteiger partial charge is 0.497 e. The van der Waals surface area contributed by atoms with E-state index in [2.05, 4.69) is 17.0 Å². The summed E-state index contributed by atoms with van der Waals surface area (Å²) in [5.41, 5.74) is 1.43. The van der Waals surface area contributed by atoms with Crippen molar-refractivity contribution in [2.24, 2.45) is 0 Å². The number of ether oxygens (including phenoxy) is 1. The number of carbonyl (C=O) groups is 1. The Hall–Kier alpha value is -2.91. The molecule has 152 valence electrons. The van der Waals surface area contributed by atoms with Gasteiger partial charge in [0.15, 0.2) is 0 Å². The van der Waals surface area contributed by atoms with Gasteiger partial charge in [0.2, 0.25) is 5.91 Å². The summed E-state index contributed by atoms with van der Waals surface area (Å²) in [5, 5.41) is 8.94. The van der Waals surface area contributed by atoms with Crippen molar-refractivity contribution in [1.29, 1.82) is 5.26 Å². The zero-order valence-corrected chi connectivity index (χ0v) is 16.7. The Labute approximate surface area is 171 Å². The molecule has 1 atom stereocenters. The predicted molar refractivity (Wildman–Crippen MR) is 110 cm³/mol. The number of hydrogen-bond donors (Lipinski definition) is 0. The number of methoxy groups -OCH3 is 1. The van der Waals surface area contributed by atoms with Crippen LogP contribution in [0.5, 0.6) is 5.75 Å². The zero-order valence-electron chi connectivity index (χ0n) is 16.7. The average Bonchev–Trinajstić information content (AvgIpc) is 3.16. The summed E-state index contributed by atoms with van der Waals surface area (Å²) in [4.78, 5) is 16.6. The highest BCUT2D eigenvalue weighted by atomic mass is 19.1. The fraction of sp³-hybridized carbons (Fsp3) is 0.391. The Morgan fingerprint density at radius 3 is 2.72 bits per heavy atom. The molecule has 1 heterocycles. The highest BCUT2D eigenvalue weighted by molar-refractivity contribution is 5.95. The molecule has 2 aromatic rings. The van der Waals surface area contributed by atoms with Crippen molar-refractivity contribution in [3.05, 3.63) is 59.9 Å². The molecule has 1 amide bonds. The van der Waals surface area contributed by atoms with Crippen LogP contribution in [0.2, 0.25) is 0 Å². The van der Waals surface area contributed by atoms with Crippen molar-refractivity contribution in [1.82, 2.24) is 4.90 Å². The molecular formula is C23H26FN3O2. The third-order valence-corrected chi connectivity index (χ3v) is 5.36. The summed E-state index contributed by atoms with van der Waals surface area (Å²) in [6, 6.07) is 16.5. The summed E-state index contributed by atoms with van der Waals surface area (Å²) in [5.74, 6) is 0.201. The molecule has 0 aromatic heterocycles. The Morgan fingerprint density at radius 1 is 1.28 bits per heavy atom. The van der Waals surface area contributed by atoms with Gasteiger partial charge in [-0.2, -0.15) is 5.26 Å². The van der Waals surface area contributed by atoms with Gasteiger partial charge >= 0.3 is 0 Å². The number of para-hydroxylation sites is 1. The van der Waals surface area contributed by atoms with E-state index in [1.165, 1.54) is 16.5 Å². The second-order valence-corrected chi connectivity index (χ2v) is 7.22. The van der Waals surface area contributed by atoms with Gasteiger partial charge < -0.3 is 9.64 Å². The summed E-state index contributed by atoms with van der Waals surface area (Å²) in [6.45, 7) is 1.25. The molecule has 0 unspecified atom stereocenters. The first-order valence-corrected chi connectivity index (χ1v) is 9.91. The van der Waals surface area contributed by atoms with Crippen molar-refractivity contribution in [3.8, 4) is 11.8 Å². The first kappa shape index (κ1) is 20.8. The minimum atomic E-state index is -0.449. The van der Waals surface area contributed by atoms with E-state index in [0.717, 1.165) is 31.6 Å². The molecule has 0 aliphatic carbocycles. The number of carbonyl (C=O) groups excluding carboxylic acids is 1. The molecule has 5 nitrogen and oxygen atoms in total. The topological polar surface area (TPSA) is 56.6 Å². The number of rotatable bonds is 8. The van der Waals surface area contributed by atoms with Crippen LogP contribution < -0.4 is 9.64 Å². The van der Waals surface area contributed by atoms with Crippen LogP contribution in [-0.2, 0) is 11.2 Å². The van der Waals surface area contributed by atoms with Gasteiger partial charge in [-0.15, -0.1) is 0 Å². The fourth-order valence-electron chi connectivity index (χ4n) is 3.84. The summed E-state index contributed by atoms with van der Waals surface area (Å²) < 4.78 is 19.5. The first-order valence-electron chi connectivity index (χ1n) is 9.91. The van der Waals surface area contributed by atoms with E-state index in [0.29, 0.717) is 0 Å². The van der Waals surface area contributed by atoms with E-state index in [4.69, 9.17) is 10.00 Å². The normalized spacial score (nSPS) is 16.4. The molecule has 0 bridgehead atoms.